The Labute approximate surface area is 135 Å². The van der Waals surface area contributed by atoms with Crippen LogP contribution >= 0.6 is 11.6 Å². The van der Waals surface area contributed by atoms with Crippen LogP contribution in [0.3, 0.4) is 0 Å². The van der Waals surface area contributed by atoms with Gasteiger partial charge in [-0.3, -0.25) is 4.98 Å². The van der Waals surface area contributed by atoms with Gasteiger partial charge in [-0.2, -0.15) is 0 Å². The standard InChI is InChI=1S/C18H17ClN2O/c1-13-2-3-15(10-17(13)19)18-5-4-16(22-18)12-21-11-14-6-8-20-9-7-14/h2-10,21H,11-12H2,1H3/p+1. The summed E-state index contributed by atoms with van der Waals surface area (Å²) in [4.78, 5) is 4.02. The second-order valence-corrected chi connectivity index (χ2v) is 5.69. The number of benzene rings is 1. The van der Waals surface area contributed by atoms with Gasteiger partial charge in [0, 0.05) is 28.5 Å². The highest BCUT2D eigenvalue weighted by atomic mass is 35.5. The maximum absolute atomic E-state index is 6.17. The first kappa shape index (κ1) is 14.8. The summed E-state index contributed by atoms with van der Waals surface area (Å²) in [5.74, 6) is 1.81. The predicted molar refractivity (Wildman–Crippen MR) is 87.5 cm³/mol. The summed E-state index contributed by atoms with van der Waals surface area (Å²) < 4.78 is 5.90. The average Bonchev–Trinajstić information content (AvgIpc) is 3.00. The molecule has 3 rings (SSSR count). The van der Waals surface area contributed by atoms with Gasteiger partial charge in [0.15, 0.2) is 5.76 Å². The van der Waals surface area contributed by atoms with E-state index in [9.17, 15) is 0 Å². The minimum atomic E-state index is 0.764. The molecule has 3 nitrogen and oxygen atoms in total. The lowest BCUT2D eigenvalue weighted by Gasteiger charge is -2.02. The molecule has 0 atom stereocenters. The second-order valence-electron chi connectivity index (χ2n) is 5.28. The van der Waals surface area contributed by atoms with E-state index >= 15 is 0 Å². The van der Waals surface area contributed by atoms with E-state index in [0.717, 1.165) is 40.8 Å². The van der Waals surface area contributed by atoms with Crippen LogP contribution in [-0.4, -0.2) is 4.98 Å². The second kappa shape index (κ2) is 6.77. The Morgan fingerprint density at radius 2 is 1.86 bits per heavy atom. The zero-order valence-corrected chi connectivity index (χ0v) is 13.2. The molecule has 2 aromatic heterocycles. The lowest BCUT2D eigenvalue weighted by Crippen LogP contribution is -2.80. The first-order valence-electron chi connectivity index (χ1n) is 7.28. The molecule has 0 aliphatic rings. The molecule has 4 heteroatoms. The molecule has 0 unspecified atom stereocenters. The van der Waals surface area contributed by atoms with Crippen molar-refractivity contribution in [1.29, 1.82) is 0 Å². The summed E-state index contributed by atoms with van der Waals surface area (Å²) in [5, 5.41) is 2.97. The van der Waals surface area contributed by atoms with Crippen LogP contribution in [0.2, 0.25) is 5.02 Å². The minimum absolute atomic E-state index is 0.764. The zero-order valence-electron chi connectivity index (χ0n) is 12.4. The monoisotopic (exact) mass is 313 g/mol. The summed E-state index contributed by atoms with van der Waals surface area (Å²) in [6, 6.07) is 14.1. The normalized spacial score (nSPS) is 10.8. The van der Waals surface area contributed by atoms with Crippen LogP contribution < -0.4 is 5.32 Å². The molecule has 112 valence electrons. The van der Waals surface area contributed by atoms with Gasteiger partial charge in [0.25, 0.3) is 0 Å². The summed E-state index contributed by atoms with van der Waals surface area (Å²) in [6.45, 7) is 3.71. The van der Waals surface area contributed by atoms with Gasteiger partial charge in [-0.25, -0.2) is 0 Å². The van der Waals surface area contributed by atoms with E-state index in [1.165, 1.54) is 5.56 Å². The van der Waals surface area contributed by atoms with Crippen molar-refractivity contribution in [2.75, 3.05) is 0 Å². The van der Waals surface area contributed by atoms with Crippen molar-refractivity contribution in [3.8, 4) is 11.3 Å². The molecular formula is C18H18ClN2O+. The zero-order chi connectivity index (χ0) is 15.4. The number of halogens is 1. The van der Waals surface area contributed by atoms with Crippen molar-refractivity contribution < 1.29 is 9.73 Å². The highest BCUT2D eigenvalue weighted by Gasteiger charge is 2.07. The number of rotatable bonds is 5. The number of aromatic nitrogens is 1. The van der Waals surface area contributed by atoms with Crippen LogP contribution in [0, 0.1) is 6.92 Å². The van der Waals surface area contributed by atoms with E-state index in [1.54, 1.807) is 0 Å². The molecule has 2 heterocycles. The summed E-state index contributed by atoms with van der Waals surface area (Å²) in [6.07, 6.45) is 3.63. The maximum atomic E-state index is 6.17. The number of nitrogens with zero attached hydrogens (tertiary/aromatic N) is 1. The van der Waals surface area contributed by atoms with Crippen LogP contribution in [0.4, 0.5) is 0 Å². The third kappa shape index (κ3) is 3.56. The molecule has 2 N–H and O–H groups in total. The Hall–Kier alpha value is -2.10. The molecule has 22 heavy (non-hydrogen) atoms. The number of hydrogen-bond acceptors (Lipinski definition) is 2. The Balaban J connectivity index is 1.62. The predicted octanol–water partition coefficient (Wildman–Crippen LogP) is 3.57. The Kier molecular flexibility index (Phi) is 4.56. The molecule has 0 aliphatic carbocycles. The van der Waals surface area contributed by atoms with Crippen LogP contribution in [0.1, 0.15) is 16.9 Å². The SMILES string of the molecule is Cc1ccc(-c2ccc(C[NH2+]Cc3ccncc3)o2)cc1Cl. The number of aryl methyl sites for hydroxylation is 1. The fourth-order valence-electron chi connectivity index (χ4n) is 2.29. The molecule has 1 aromatic carbocycles. The van der Waals surface area contributed by atoms with E-state index < -0.39 is 0 Å². The Morgan fingerprint density at radius 1 is 1.05 bits per heavy atom. The van der Waals surface area contributed by atoms with Gasteiger partial charge in [-0.15, -0.1) is 0 Å². The van der Waals surface area contributed by atoms with E-state index in [0.29, 0.717) is 0 Å². The van der Waals surface area contributed by atoms with Crippen LogP contribution in [0.25, 0.3) is 11.3 Å². The van der Waals surface area contributed by atoms with Crippen molar-refractivity contribution in [2.24, 2.45) is 0 Å². The molecule has 0 spiro atoms. The Bertz CT molecular complexity index is 753. The topological polar surface area (TPSA) is 42.6 Å². The maximum Gasteiger partial charge on any atom is 0.158 e. The van der Waals surface area contributed by atoms with E-state index in [4.69, 9.17) is 16.0 Å². The van der Waals surface area contributed by atoms with Crippen molar-refractivity contribution in [1.82, 2.24) is 4.98 Å². The van der Waals surface area contributed by atoms with Gasteiger partial charge in [-0.05, 0) is 42.8 Å². The van der Waals surface area contributed by atoms with Crippen LogP contribution in [-0.2, 0) is 13.1 Å². The minimum Gasteiger partial charge on any atom is -0.455 e. The third-order valence-electron chi connectivity index (χ3n) is 3.59. The number of quaternary nitrogens is 1. The molecule has 3 aromatic rings. The molecular weight excluding hydrogens is 296 g/mol. The number of nitrogens with two attached hydrogens (primary N) is 1. The van der Waals surface area contributed by atoms with E-state index in [1.807, 2.05) is 61.8 Å². The van der Waals surface area contributed by atoms with Crippen molar-refractivity contribution in [3.63, 3.8) is 0 Å². The fourth-order valence-corrected chi connectivity index (χ4v) is 2.47. The quantitative estimate of drug-likeness (QED) is 0.782. The molecule has 0 fully saturated rings. The number of hydrogen-bond donors (Lipinski definition) is 1. The van der Waals surface area contributed by atoms with Crippen LogP contribution in [0.15, 0.2) is 59.3 Å². The summed E-state index contributed by atoms with van der Waals surface area (Å²) in [7, 11) is 0. The molecule has 0 saturated heterocycles. The Morgan fingerprint density at radius 3 is 2.64 bits per heavy atom. The van der Waals surface area contributed by atoms with Crippen molar-refractivity contribution in [2.45, 2.75) is 20.0 Å². The highest BCUT2D eigenvalue weighted by Crippen LogP contribution is 2.26. The van der Waals surface area contributed by atoms with Gasteiger partial charge >= 0.3 is 0 Å². The van der Waals surface area contributed by atoms with Crippen molar-refractivity contribution in [3.05, 3.63) is 76.8 Å². The lowest BCUT2D eigenvalue weighted by atomic mass is 10.1. The number of pyridine rings is 1. The van der Waals surface area contributed by atoms with Gasteiger partial charge in [0.05, 0.1) is 0 Å². The molecule has 0 bridgehead atoms. The highest BCUT2D eigenvalue weighted by molar-refractivity contribution is 6.31. The molecule has 0 amide bonds. The van der Waals surface area contributed by atoms with Gasteiger partial charge < -0.3 is 9.73 Å². The first-order chi connectivity index (χ1) is 10.7. The van der Waals surface area contributed by atoms with Gasteiger partial charge in [-0.1, -0.05) is 23.7 Å². The third-order valence-corrected chi connectivity index (χ3v) is 4.00. The largest absolute Gasteiger partial charge is 0.455 e. The summed E-state index contributed by atoms with van der Waals surface area (Å²) in [5.41, 5.74) is 3.34. The lowest BCUT2D eigenvalue weighted by molar-refractivity contribution is -0.687. The summed E-state index contributed by atoms with van der Waals surface area (Å²) >= 11 is 6.17. The first-order valence-corrected chi connectivity index (χ1v) is 7.66. The van der Waals surface area contributed by atoms with E-state index in [-0.39, 0.29) is 0 Å². The molecule has 0 radical (unpaired) electrons. The van der Waals surface area contributed by atoms with E-state index in [2.05, 4.69) is 10.3 Å². The average molecular weight is 314 g/mol. The molecule has 0 saturated carbocycles. The van der Waals surface area contributed by atoms with Gasteiger partial charge in [0.2, 0.25) is 0 Å². The van der Waals surface area contributed by atoms with Gasteiger partial charge in [0.1, 0.15) is 18.8 Å². The molecule has 0 aliphatic heterocycles. The smallest absolute Gasteiger partial charge is 0.158 e. The van der Waals surface area contributed by atoms with Crippen molar-refractivity contribution >= 4 is 11.6 Å². The van der Waals surface area contributed by atoms with Crippen LogP contribution in [0.5, 0.6) is 0 Å². The number of furan rings is 1. The fraction of sp³-hybridized carbons (Fsp3) is 0.167.